The number of nitrogens with one attached hydrogen (secondary N) is 1. The minimum absolute atomic E-state index is 0.218. The normalized spacial score (nSPS) is 14.1. The summed E-state index contributed by atoms with van der Waals surface area (Å²) in [6, 6.07) is 15.2. The van der Waals surface area contributed by atoms with Crippen molar-refractivity contribution in [3.63, 3.8) is 0 Å². The number of hydrogen-bond donors (Lipinski definition) is 1. The van der Waals surface area contributed by atoms with Crippen LogP contribution >= 0.6 is 0 Å². The van der Waals surface area contributed by atoms with Gasteiger partial charge in [-0.25, -0.2) is 0 Å². The van der Waals surface area contributed by atoms with E-state index in [0.717, 1.165) is 11.3 Å². The Morgan fingerprint density at radius 2 is 1.83 bits per heavy atom. The van der Waals surface area contributed by atoms with Gasteiger partial charge in [-0.15, -0.1) is 0 Å². The van der Waals surface area contributed by atoms with Gasteiger partial charge in [0.2, 0.25) is 6.79 Å². The van der Waals surface area contributed by atoms with Gasteiger partial charge in [0.15, 0.2) is 11.5 Å². The molecule has 3 rings (SSSR count). The maximum Gasteiger partial charge on any atom is 0.313 e. The number of carbonyl (C=O) groups excluding carboxylic acids is 1. The van der Waals surface area contributed by atoms with E-state index in [1.54, 1.807) is 0 Å². The number of anilines is 1. The summed E-state index contributed by atoms with van der Waals surface area (Å²) in [5.41, 5.74) is 1.08. The Morgan fingerprint density at radius 1 is 1.12 bits per heavy atom. The van der Waals surface area contributed by atoms with Crippen molar-refractivity contribution in [1.82, 2.24) is 0 Å². The summed E-state index contributed by atoms with van der Waals surface area (Å²) in [5, 5.41) is 3.44. The average Bonchev–Trinajstić information content (AvgIpc) is 3.07. The van der Waals surface area contributed by atoms with Gasteiger partial charge in [-0.2, -0.15) is 0 Å². The van der Waals surface area contributed by atoms with E-state index < -0.39 is 5.41 Å². The van der Waals surface area contributed by atoms with Gasteiger partial charge in [0.1, 0.15) is 0 Å². The summed E-state index contributed by atoms with van der Waals surface area (Å²) in [6.07, 6.45) is 0. The number of para-hydroxylation sites is 1. The molecular formula is C19H21NO4. The predicted octanol–water partition coefficient (Wildman–Crippen LogP) is 3.77. The number of carbonyl (C=O) groups is 1. The van der Waals surface area contributed by atoms with E-state index in [2.05, 4.69) is 5.32 Å². The summed E-state index contributed by atoms with van der Waals surface area (Å²) in [6.45, 7) is 3.95. The van der Waals surface area contributed by atoms with Gasteiger partial charge in [0, 0.05) is 5.69 Å². The van der Waals surface area contributed by atoms with E-state index in [9.17, 15) is 4.79 Å². The average molecular weight is 327 g/mol. The third-order valence-corrected chi connectivity index (χ3v) is 4.25. The molecule has 24 heavy (non-hydrogen) atoms. The van der Waals surface area contributed by atoms with Crippen LogP contribution in [0, 0.1) is 5.41 Å². The number of hydrogen-bond acceptors (Lipinski definition) is 5. The molecule has 2 aromatic carbocycles. The van der Waals surface area contributed by atoms with Gasteiger partial charge in [-0.3, -0.25) is 4.79 Å². The molecule has 0 aromatic heterocycles. The number of benzene rings is 2. The Morgan fingerprint density at radius 3 is 2.54 bits per heavy atom. The Balaban J connectivity index is 1.99. The van der Waals surface area contributed by atoms with Crippen molar-refractivity contribution < 1.29 is 19.0 Å². The lowest BCUT2D eigenvalue weighted by Gasteiger charge is -2.33. The van der Waals surface area contributed by atoms with Crippen LogP contribution in [0.2, 0.25) is 0 Å². The maximum atomic E-state index is 12.4. The molecule has 0 fully saturated rings. The van der Waals surface area contributed by atoms with Crippen molar-refractivity contribution in [2.45, 2.75) is 19.9 Å². The summed E-state index contributed by atoms with van der Waals surface area (Å²) < 4.78 is 15.9. The molecule has 0 amide bonds. The number of ether oxygens (including phenoxy) is 3. The lowest BCUT2D eigenvalue weighted by atomic mass is 9.80. The molecule has 1 aliphatic rings. The molecule has 0 radical (unpaired) electrons. The Labute approximate surface area is 141 Å². The van der Waals surface area contributed by atoms with E-state index in [0.29, 0.717) is 11.5 Å². The first kappa shape index (κ1) is 16.2. The van der Waals surface area contributed by atoms with E-state index in [-0.39, 0.29) is 18.8 Å². The molecule has 5 nitrogen and oxygen atoms in total. The van der Waals surface area contributed by atoms with Crippen molar-refractivity contribution >= 4 is 11.7 Å². The van der Waals surface area contributed by atoms with Crippen LogP contribution in [-0.2, 0) is 9.53 Å². The van der Waals surface area contributed by atoms with Crippen molar-refractivity contribution in [2.75, 3.05) is 19.2 Å². The molecule has 0 saturated carbocycles. The first-order chi connectivity index (χ1) is 11.5. The predicted molar refractivity (Wildman–Crippen MR) is 91.2 cm³/mol. The standard InChI is InChI=1S/C19H21NO4/c1-19(2,18(21)22-3)17(20-14-7-5-4-6-8-14)13-9-10-15-16(11-13)24-12-23-15/h4-11,17,20H,12H2,1-3H3. The van der Waals surface area contributed by atoms with Crippen molar-refractivity contribution in [1.29, 1.82) is 0 Å². The first-order valence-electron chi connectivity index (χ1n) is 7.82. The largest absolute Gasteiger partial charge is 0.469 e. The second-order valence-corrected chi connectivity index (χ2v) is 6.27. The monoisotopic (exact) mass is 327 g/mol. The zero-order chi connectivity index (χ0) is 17.2. The molecule has 1 unspecified atom stereocenters. The highest BCUT2D eigenvalue weighted by Crippen LogP contribution is 2.41. The molecule has 1 aliphatic heterocycles. The van der Waals surface area contributed by atoms with Crippen LogP contribution in [0.3, 0.4) is 0 Å². The van der Waals surface area contributed by atoms with Gasteiger partial charge in [-0.1, -0.05) is 24.3 Å². The van der Waals surface area contributed by atoms with Crippen LogP contribution in [0.4, 0.5) is 5.69 Å². The van der Waals surface area contributed by atoms with Crippen molar-refractivity contribution in [3.05, 3.63) is 54.1 Å². The minimum Gasteiger partial charge on any atom is -0.469 e. The molecule has 1 N–H and O–H groups in total. The molecule has 126 valence electrons. The van der Waals surface area contributed by atoms with Crippen LogP contribution in [0.15, 0.2) is 48.5 Å². The fourth-order valence-corrected chi connectivity index (χ4v) is 2.86. The topological polar surface area (TPSA) is 56.8 Å². The fraction of sp³-hybridized carbons (Fsp3) is 0.316. The third-order valence-electron chi connectivity index (χ3n) is 4.25. The molecule has 0 aliphatic carbocycles. The second-order valence-electron chi connectivity index (χ2n) is 6.27. The van der Waals surface area contributed by atoms with Gasteiger partial charge in [-0.05, 0) is 43.7 Å². The highest BCUT2D eigenvalue weighted by molar-refractivity contribution is 5.78. The SMILES string of the molecule is COC(=O)C(C)(C)C(Nc1ccccc1)c1ccc2c(c1)OCO2. The molecule has 0 spiro atoms. The van der Waals surface area contributed by atoms with E-state index in [4.69, 9.17) is 14.2 Å². The van der Waals surface area contributed by atoms with Crippen molar-refractivity contribution in [2.24, 2.45) is 5.41 Å². The third kappa shape index (κ3) is 3.02. The molecule has 0 saturated heterocycles. The van der Waals surface area contributed by atoms with Crippen LogP contribution in [0.25, 0.3) is 0 Å². The van der Waals surface area contributed by atoms with Crippen LogP contribution < -0.4 is 14.8 Å². The Hall–Kier alpha value is -2.69. The zero-order valence-corrected chi connectivity index (χ0v) is 14.0. The summed E-state index contributed by atoms with van der Waals surface area (Å²) in [4.78, 5) is 12.4. The smallest absolute Gasteiger partial charge is 0.313 e. The highest BCUT2D eigenvalue weighted by Gasteiger charge is 2.39. The zero-order valence-electron chi connectivity index (χ0n) is 14.0. The van der Waals surface area contributed by atoms with Gasteiger partial charge >= 0.3 is 5.97 Å². The maximum absolute atomic E-state index is 12.4. The van der Waals surface area contributed by atoms with Crippen LogP contribution in [0.5, 0.6) is 11.5 Å². The molecule has 0 bridgehead atoms. The lowest BCUT2D eigenvalue weighted by molar-refractivity contribution is -0.151. The molecule has 1 heterocycles. The summed E-state index contributed by atoms with van der Waals surface area (Å²) in [5.74, 6) is 1.12. The Bertz CT molecular complexity index is 727. The second kappa shape index (κ2) is 6.43. The van der Waals surface area contributed by atoms with Gasteiger partial charge in [0.25, 0.3) is 0 Å². The fourth-order valence-electron chi connectivity index (χ4n) is 2.86. The first-order valence-corrected chi connectivity index (χ1v) is 7.82. The minimum atomic E-state index is -0.779. The van der Waals surface area contributed by atoms with E-state index in [1.807, 2.05) is 62.4 Å². The summed E-state index contributed by atoms with van der Waals surface area (Å²) in [7, 11) is 1.41. The van der Waals surface area contributed by atoms with Gasteiger partial charge in [0.05, 0.1) is 18.6 Å². The number of rotatable bonds is 5. The van der Waals surface area contributed by atoms with E-state index >= 15 is 0 Å². The number of fused-ring (bicyclic) bond motifs is 1. The molecular weight excluding hydrogens is 306 g/mol. The van der Waals surface area contributed by atoms with Crippen molar-refractivity contribution in [3.8, 4) is 11.5 Å². The van der Waals surface area contributed by atoms with Crippen LogP contribution in [0.1, 0.15) is 25.5 Å². The van der Waals surface area contributed by atoms with Crippen LogP contribution in [-0.4, -0.2) is 19.9 Å². The number of methoxy groups -OCH3 is 1. The quantitative estimate of drug-likeness (QED) is 0.847. The summed E-state index contributed by atoms with van der Waals surface area (Å²) >= 11 is 0. The van der Waals surface area contributed by atoms with E-state index in [1.165, 1.54) is 7.11 Å². The highest BCUT2D eigenvalue weighted by atomic mass is 16.7. The molecule has 5 heteroatoms. The molecule has 1 atom stereocenters. The lowest BCUT2D eigenvalue weighted by Crippen LogP contribution is -2.36. The molecule has 2 aromatic rings. The van der Waals surface area contributed by atoms with Gasteiger partial charge < -0.3 is 19.5 Å². The Kier molecular flexibility index (Phi) is 4.34. The number of esters is 1.